The molecule has 0 spiro atoms. The standard InChI is InChI=1S/C10H16O4/c1-4-5-6-7-10(13-8(2)11)14-9(3)12/h4,10H,1,5-7H2,2-3H3. The van der Waals surface area contributed by atoms with Crippen LogP contribution < -0.4 is 0 Å². The van der Waals surface area contributed by atoms with Crippen molar-refractivity contribution in [1.82, 2.24) is 0 Å². The summed E-state index contributed by atoms with van der Waals surface area (Å²) in [6.07, 6.45) is 3.09. The minimum absolute atomic E-state index is 0.449. The summed E-state index contributed by atoms with van der Waals surface area (Å²) >= 11 is 0. The van der Waals surface area contributed by atoms with Crippen LogP contribution in [0.2, 0.25) is 0 Å². The lowest BCUT2D eigenvalue weighted by Gasteiger charge is -2.15. The summed E-state index contributed by atoms with van der Waals surface area (Å²) in [7, 11) is 0. The third kappa shape index (κ3) is 7.34. The molecule has 0 saturated heterocycles. The quantitative estimate of drug-likeness (QED) is 0.284. The largest absolute Gasteiger partial charge is 0.425 e. The van der Waals surface area contributed by atoms with E-state index in [4.69, 9.17) is 9.47 Å². The maximum Gasteiger partial charge on any atom is 0.305 e. The zero-order chi connectivity index (χ0) is 11.0. The minimum Gasteiger partial charge on any atom is -0.425 e. The highest BCUT2D eigenvalue weighted by Gasteiger charge is 2.13. The van der Waals surface area contributed by atoms with Gasteiger partial charge in [0.2, 0.25) is 6.29 Å². The van der Waals surface area contributed by atoms with Crippen molar-refractivity contribution in [2.24, 2.45) is 0 Å². The number of unbranched alkanes of at least 4 members (excludes halogenated alkanes) is 1. The molecule has 4 heteroatoms. The van der Waals surface area contributed by atoms with Crippen molar-refractivity contribution in [3.63, 3.8) is 0 Å². The van der Waals surface area contributed by atoms with Crippen molar-refractivity contribution in [3.05, 3.63) is 12.7 Å². The average molecular weight is 200 g/mol. The van der Waals surface area contributed by atoms with Gasteiger partial charge in [-0.3, -0.25) is 9.59 Å². The molecule has 0 aromatic carbocycles. The Labute approximate surface area is 83.9 Å². The van der Waals surface area contributed by atoms with Crippen LogP contribution in [-0.2, 0) is 19.1 Å². The first-order chi connectivity index (χ1) is 6.56. The molecule has 0 bridgehead atoms. The molecular formula is C10H16O4. The Morgan fingerprint density at radius 1 is 1.29 bits per heavy atom. The van der Waals surface area contributed by atoms with E-state index in [0.717, 1.165) is 12.8 Å². The van der Waals surface area contributed by atoms with Gasteiger partial charge < -0.3 is 9.47 Å². The summed E-state index contributed by atoms with van der Waals surface area (Å²) in [5, 5.41) is 0. The van der Waals surface area contributed by atoms with Crippen molar-refractivity contribution in [3.8, 4) is 0 Å². The van der Waals surface area contributed by atoms with Crippen LogP contribution in [0, 0.1) is 0 Å². The Balaban J connectivity index is 3.89. The first kappa shape index (κ1) is 12.7. The van der Waals surface area contributed by atoms with Gasteiger partial charge >= 0.3 is 11.9 Å². The predicted octanol–water partition coefficient (Wildman–Crippen LogP) is 1.79. The van der Waals surface area contributed by atoms with E-state index in [1.54, 1.807) is 6.08 Å². The number of carbonyl (C=O) groups is 2. The summed E-state index contributed by atoms with van der Waals surface area (Å²) in [5.74, 6) is -0.898. The van der Waals surface area contributed by atoms with Crippen molar-refractivity contribution in [2.45, 2.75) is 39.4 Å². The fourth-order valence-electron chi connectivity index (χ4n) is 0.941. The fourth-order valence-corrected chi connectivity index (χ4v) is 0.941. The SMILES string of the molecule is C=CCCCC(OC(C)=O)OC(C)=O. The maximum atomic E-state index is 10.6. The molecule has 0 saturated carbocycles. The molecule has 14 heavy (non-hydrogen) atoms. The normalized spacial score (nSPS) is 9.64. The van der Waals surface area contributed by atoms with E-state index in [-0.39, 0.29) is 0 Å². The third-order valence-corrected chi connectivity index (χ3v) is 1.44. The lowest BCUT2D eigenvalue weighted by atomic mass is 10.2. The predicted molar refractivity (Wildman–Crippen MR) is 51.4 cm³/mol. The van der Waals surface area contributed by atoms with Gasteiger partial charge in [0.15, 0.2) is 0 Å². The van der Waals surface area contributed by atoms with Gasteiger partial charge in [0.25, 0.3) is 0 Å². The molecule has 0 aliphatic rings. The molecule has 0 unspecified atom stereocenters. The lowest BCUT2D eigenvalue weighted by Crippen LogP contribution is -2.22. The Hall–Kier alpha value is -1.32. The Bertz CT molecular complexity index is 194. The van der Waals surface area contributed by atoms with Crippen LogP contribution in [0.4, 0.5) is 0 Å². The number of rotatable bonds is 6. The number of hydrogen-bond donors (Lipinski definition) is 0. The van der Waals surface area contributed by atoms with Crippen LogP contribution >= 0.6 is 0 Å². The number of esters is 2. The van der Waals surface area contributed by atoms with E-state index >= 15 is 0 Å². The second-order valence-electron chi connectivity index (χ2n) is 2.87. The van der Waals surface area contributed by atoms with Gasteiger partial charge in [0.05, 0.1) is 0 Å². The number of allylic oxidation sites excluding steroid dienone is 1. The molecule has 0 heterocycles. The molecule has 0 atom stereocenters. The maximum absolute atomic E-state index is 10.6. The third-order valence-electron chi connectivity index (χ3n) is 1.44. The lowest BCUT2D eigenvalue weighted by molar-refractivity contribution is -0.185. The van der Waals surface area contributed by atoms with Crippen LogP contribution in [-0.4, -0.2) is 18.2 Å². The number of ether oxygens (including phenoxy) is 2. The van der Waals surface area contributed by atoms with Crippen LogP contribution in [0.1, 0.15) is 33.1 Å². The zero-order valence-electron chi connectivity index (χ0n) is 8.62. The van der Waals surface area contributed by atoms with Crippen LogP contribution in [0.15, 0.2) is 12.7 Å². The summed E-state index contributed by atoms with van der Waals surface area (Å²) in [4.78, 5) is 21.3. The van der Waals surface area contributed by atoms with E-state index < -0.39 is 18.2 Å². The van der Waals surface area contributed by atoms with Gasteiger partial charge in [-0.1, -0.05) is 6.08 Å². The van der Waals surface area contributed by atoms with Gasteiger partial charge in [0.1, 0.15) is 0 Å². The summed E-state index contributed by atoms with van der Waals surface area (Å²) in [6.45, 7) is 6.13. The second kappa shape index (κ2) is 7.12. The van der Waals surface area contributed by atoms with Gasteiger partial charge in [-0.2, -0.15) is 0 Å². The topological polar surface area (TPSA) is 52.6 Å². The van der Waals surface area contributed by atoms with E-state index in [1.807, 2.05) is 0 Å². The van der Waals surface area contributed by atoms with E-state index in [1.165, 1.54) is 13.8 Å². The van der Waals surface area contributed by atoms with Gasteiger partial charge in [-0.15, -0.1) is 6.58 Å². The van der Waals surface area contributed by atoms with Gasteiger partial charge in [0, 0.05) is 20.3 Å². The van der Waals surface area contributed by atoms with Crippen molar-refractivity contribution in [2.75, 3.05) is 0 Å². The summed E-state index contributed by atoms with van der Waals surface area (Å²) in [5.41, 5.74) is 0. The van der Waals surface area contributed by atoms with Crippen molar-refractivity contribution in [1.29, 1.82) is 0 Å². The molecule has 0 aromatic heterocycles. The summed E-state index contributed by atoms with van der Waals surface area (Å²) in [6, 6.07) is 0. The average Bonchev–Trinajstić information content (AvgIpc) is 2.02. The van der Waals surface area contributed by atoms with Crippen molar-refractivity contribution < 1.29 is 19.1 Å². The molecule has 0 amide bonds. The highest BCUT2D eigenvalue weighted by Crippen LogP contribution is 2.07. The van der Waals surface area contributed by atoms with E-state index in [2.05, 4.69) is 6.58 Å². The van der Waals surface area contributed by atoms with E-state index in [9.17, 15) is 9.59 Å². The highest BCUT2D eigenvalue weighted by atomic mass is 16.7. The molecule has 0 aromatic rings. The number of hydrogen-bond acceptors (Lipinski definition) is 4. The summed E-state index contributed by atoms with van der Waals surface area (Å²) < 4.78 is 9.58. The molecule has 0 aliphatic heterocycles. The Morgan fingerprint density at radius 3 is 2.14 bits per heavy atom. The Kier molecular flexibility index (Phi) is 6.45. The fraction of sp³-hybridized carbons (Fsp3) is 0.600. The molecule has 80 valence electrons. The van der Waals surface area contributed by atoms with Crippen LogP contribution in [0.5, 0.6) is 0 Å². The Morgan fingerprint density at radius 2 is 1.79 bits per heavy atom. The minimum atomic E-state index is -0.759. The van der Waals surface area contributed by atoms with Gasteiger partial charge in [-0.25, -0.2) is 0 Å². The molecule has 0 rings (SSSR count). The highest BCUT2D eigenvalue weighted by molar-refractivity contribution is 5.68. The van der Waals surface area contributed by atoms with Crippen LogP contribution in [0.3, 0.4) is 0 Å². The van der Waals surface area contributed by atoms with Crippen LogP contribution in [0.25, 0.3) is 0 Å². The molecule has 0 aliphatic carbocycles. The molecule has 4 nitrogen and oxygen atoms in total. The zero-order valence-corrected chi connectivity index (χ0v) is 8.62. The molecular weight excluding hydrogens is 184 g/mol. The molecule has 0 N–H and O–H groups in total. The van der Waals surface area contributed by atoms with Crippen molar-refractivity contribution >= 4 is 11.9 Å². The number of carbonyl (C=O) groups excluding carboxylic acids is 2. The molecule has 0 radical (unpaired) electrons. The second-order valence-corrected chi connectivity index (χ2v) is 2.87. The first-order valence-electron chi connectivity index (χ1n) is 4.51. The molecule has 0 fully saturated rings. The smallest absolute Gasteiger partial charge is 0.305 e. The van der Waals surface area contributed by atoms with Gasteiger partial charge in [-0.05, 0) is 12.8 Å². The monoisotopic (exact) mass is 200 g/mol. The van der Waals surface area contributed by atoms with E-state index in [0.29, 0.717) is 6.42 Å². The first-order valence-corrected chi connectivity index (χ1v) is 4.51.